The lowest BCUT2D eigenvalue weighted by molar-refractivity contribution is -0.142. The molecule has 2 aromatic heterocycles. The highest BCUT2D eigenvalue weighted by molar-refractivity contribution is 7.08. The molecule has 2 heterocycles. The standard InChI is InChI=1S/C17H23N3O4S/c1-17(2,3)8-6-12(16(22)23)18-13(21)4-5-14-19-15(20-24-14)11-7-9-25-10-11/h7,9-10,12H,4-6,8H2,1-3H3,(H,18,21)(H,22,23). The second-order valence-corrected chi connectivity index (χ2v) is 7.86. The lowest BCUT2D eigenvalue weighted by atomic mass is 9.88. The Hall–Kier alpha value is -2.22. The van der Waals surface area contributed by atoms with Gasteiger partial charge >= 0.3 is 5.97 Å². The highest BCUT2D eigenvalue weighted by Crippen LogP contribution is 2.22. The summed E-state index contributed by atoms with van der Waals surface area (Å²) in [6.07, 6.45) is 1.48. The predicted molar refractivity (Wildman–Crippen MR) is 94.2 cm³/mol. The van der Waals surface area contributed by atoms with Crippen molar-refractivity contribution in [1.29, 1.82) is 0 Å². The molecule has 0 fully saturated rings. The van der Waals surface area contributed by atoms with Crippen LogP contribution in [0.2, 0.25) is 0 Å². The summed E-state index contributed by atoms with van der Waals surface area (Å²) in [4.78, 5) is 27.6. The van der Waals surface area contributed by atoms with Crippen molar-refractivity contribution < 1.29 is 19.2 Å². The van der Waals surface area contributed by atoms with E-state index in [9.17, 15) is 14.7 Å². The van der Waals surface area contributed by atoms with Crippen molar-refractivity contribution in [3.05, 3.63) is 22.7 Å². The van der Waals surface area contributed by atoms with Crippen LogP contribution in [0, 0.1) is 5.41 Å². The molecule has 0 saturated carbocycles. The maximum absolute atomic E-state index is 12.0. The molecule has 2 rings (SSSR count). The molecule has 0 radical (unpaired) electrons. The van der Waals surface area contributed by atoms with E-state index in [-0.39, 0.29) is 24.2 Å². The van der Waals surface area contributed by atoms with Crippen molar-refractivity contribution in [2.45, 2.75) is 52.5 Å². The minimum absolute atomic E-state index is 0.0141. The molecule has 0 aliphatic carbocycles. The van der Waals surface area contributed by atoms with E-state index in [1.807, 2.05) is 37.6 Å². The smallest absolute Gasteiger partial charge is 0.326 e. The van der Waals surface area contributed by atoms with E-state index in [1.165, 1.54) is 11.3 Å². The van der Waals surface area contributed by atoms with Crippen LogP contribution in [0.5, 0.6) is 0 Å². The summed E-state index contributed by atoms with van der Waals surface area (Å²) in [6, 6.07) is 1.01. The number of hydrogen-bond donors (Lipinski definition) is 2. The normalized spacial score (nSPS) is 12.8. The molecule has 8 heteroatoms. The van der Waals surface area contributed by atoms with Crippen LogP contribution < -0.4 is 5.32 Å². The largest absolute Gasteiger partial charge is 0.480 e. The molecule has 2 N–H and O–H groups in total. The molecule has 136 valence electrons. The molecule has 2 aromatic rings. The zero-order valence-corrected chi connectivity index (χ0v) is 15.4. The average Bonchev–Trinajstić information content (AvgIpc) is 3.18. The third-order valence-electron chi connectivity index (χ3n) is 3.63. The maximum atomic E-state index is 12.0. The SMILES string of the molecule is CC(C)(C)CCC(NC(=O)CCc1nc(-c2ccsc2)no1)C(=O)O. The number of hydrogen-bond acceptors (Lipinski definition) is 6. The lowest BCUT2D eigenvalue weighted by Crippen LogP contribution is -2.41. The quantitative estimate of drug-likeness (QED) is 0.744. The summed E-state index contributed by atoms with van der Waals surface area (Å²) >= 11 is 1.54. The van der Waals surface area contributed by atoms with E-state index < -0.39 is 12.0 Å². The summed E-state index contributed by atoms with van der Waals surface area (Å²) in [6.45, 7) is 6.11. The van der Waals surface area contributed by atoms with Crippen LogP contribution >= 0.6 is 11.3 Å². The predicted octanol–water partition coefficient (Wildman–Crippen LogP) is 3.13. The van der Waals surface area contributed by atoms with Gasteiger partial charge in [-0.2, -0.15) is 16.3 Å². The monoisotopic (exact) mass is 365 g/mol. The second kappa shape index (κ2) is 8.24. The molecular formula is C17H23N3O4S. The Kier molecular flexibility index (Phi) is 6.30. The first-order chi connectivity index (χ1) is 11.7. The van der Waals surface area contributed by atoms with Gasteiger partial charge in [0, 0.05) is 23.8 Å². The minimum Gasteiger partial charge on any atom is -0.480 e. The molecule has 0 spiro atoms. The molecule has 7 nitrogen and oxygen atoms in total. The summed E-state index contributed by atoms with van der Waals surface area (Å²) in [5.41, 5.74) is 0.887. The minimum atomic E-state index is -1.02. The third-order valence-corrected chi connectivity index (χ3v) is 4.31. The van der Waals surface area contributed by atoms with E-state index in [4.69, 9.17) is 4.52 Å². The Morgan fingerprint density at radius 3 is 2.76 bits per heavy atom. The van der Waals surface area contributed by atoms with Gasteiger partial charge < -0.3 is 14.9 Å². The fourth-order valence-corrected chi connectivity index (χ4v) is 2.82. The van der Waals surface area contributed by atoms with Gasteiger partial charge in [-0.15, -0.1) is 0 Å². The number of aliphatic carboxylic acids is 1. The van der Waals surface area contributed by atoms with Crippen LogP contribution in [0.15, 0.2) is 21.3 Å². The first-order valence-corrected chi connectivity index (χ1v) is 9.06. The molecular weight excluding hydrogens is 342 g/mol. The van der Waals surface area contributed by atoms with Crippen molar-refractivity contribution in [3.8, 4) is 11.4 Å². The molecule has 1 amide bonds. The van der Waals surface area contributed by atoms with Crippen LogP contribution in [-0.4, -0.2) is 33.2 Å². The molecule has 0 bridgehead atoms. The fourth-order valence-electron chi connectivity index (χ4n) is 2.19. The number of nitrogens with one attached hydrogen (secondary N) is 1. The Morgan fingerprint density at radius 1 is 1.40 bits per heavy atom. The van der Waals surface area contributed by atoms with E-state index in [0.29, 0.717) is 24.6 Å². The van der Waals surface area contributed by atoms with Crippen molar-refractivity contribution in [2.24, 2.45) is 5.41 Å². The number of nitrogens with zero attached hydrogens (tertiary/aromatic N) is 2. The molecule has 0 aromatic carbocycles. The van der Waals surface area contributed by atoms with Gasteiger partial charge in [0.15, 0.2) is 0 Å². The number of carbonyl (C=O) groups excluding carboxylic acids is 1. The molecule has 0 aliphatic rings. The van der Waals surface area contributed by atoms with E-state index >= 15 is 0 Å². The Bertz CT molecular complexity index is 704. The topological polar surface area (TPSA) is 105 Å². The van der Waals surface area contributed by atoms with Gasteiger partial charge in [0.05, 0.1) is 0 Å². The number of carbonyl (C=O) groups is 2. The van der Waals surface area contributed by atoms with Crippen LogP contribution in [-0.2, 0) is 16.0 Å². The summed E-state index contributed by atoms with van der Waals surface area (Å²) in [5, 5.41) is 19.5. The Labute approximate surface area is 150 Å². The van der Waals surface area contributed by atoms with Gasteiger partial charge in [-0.25, -0.2) is 4.79 Å². The van der Waals surface area contributed by atoms with Crippen LogP contribution in [0.1, 0.15) is 45.9 Å². The van der Waals surface area contributed by atoms with Gasteiger partial charge in [-0.1, -0.05) is 25.9 Å². The van der Waals surface area contributed by atoms with Crippen molar-refractivity contribution in [2.75, 3.05) is 0 Å². The van der Waals surface area contributed by atoms with E-state index in [1.54, 1.807) is 0 Å². The van der Waals surface area contributed by atoms with Crippen molar-refractivity contribution in [1.82, 2.24) is 15.5 Å². The van der Waals surface area contributed by atoms with Crippen LogP contribution in [0.4, 0.5) is 0 Å². The Morgan fingerprint density at radius 2 is 2.16 bits per heavy atom. The van der Waals surface area contributed by atoms with Gasteiger partial charge in [0.25, 0.3) is 0 Å². The molecule has 1 unspecified atom stereocenters. The van der Waals surface area contributed by atoms with Gasteiger partial charge in [-0.3, -0.25) is 4.79 Å². The number of aryl methyl sites for hydroxylation is 1. The highest BCUT2D eigenvalue weighted by atomic mass is 32.1. The molecule has 0 saturated heterocycles. The fraction of sp³-hybridized carbons (Fsp3) is 0.529. The van der Waals surface area contributed by atoms with E-state index in [2.05, 4.69) is 15.5 Å². The molecule has 0 aliphatic heterocycles. The maximum Gasteiger partial charge on any atom is 0.326 e. The van der Waals surface area contributed by atoms with Crippen LogP contribution in [0.3, 0.4) is 0 Å². The van der Waals surface area contributed by atoms with Gasteiger partial charge in [0.2, 0.25) is 17.6 Å². The number of carboxylic acid groups (broad SMARTS) is 1. The number of amides is 1. The lowest BCUT2D eigenvalue weighted by Gasteiger charge is -2.21. The third kappa shape index (κ3) is 6.30. The summed E-state index contributed by atoms with van der Waals surface area (Å²) < 4.78 is 5.13. The van der Waals surface area contributed by atoms with E-state index in [0.717, 1.165) is 5.56 Å². The average molecular weight is 365 g/mol. The number of aromatic nitrogens is 2. The summed E-state index contributed by atoms with van der Waals surface area (Å²) in [5.74, 6) is -0.505. The van der Waals surface area contributed by atoms with Crippen LogP contribution in [0.25, 0.3) is 11.4 Å². The zero-order valence-electron chi connectivity index (χ0n) is 14.6. The van der Waals surface area contributed by atoms with Crippen molar-refractivity contribution in [3.63, 3.8) is 0 Å². The second-order valence-electron chi connectivity index (χ2n) is 7.08. The highest BCUT2D eigenvalue weighted by Gasteiger charge is 2.23. The number of carboxylic acids is 1. The molecule has 1 atom stereocenters. The molecule has 25 heavy (non-hydrogen) atoms. The Balaban J connectivity index is 1.83. The zero-order chi connectivity index (χ0) is 18.4. The first-order valence-electron chi connectivity index (χ1n) is 8.12. The first kappa shape index (κ1) is 19.1. The van der Waals surface area contributed by atoms with Gasteiger partial charge in [-0.05, 0) is 29.7 Å². The number of thiophene rings is 1. The van der Waals surface area contributed by atoms with Gasteiger partial charge in [0.1, 0.15) is 6.04 Å². The number of rotatable bonds is 8. The summed E-state index contributed by atoms with van der Waals surface area (Å²) in [7, 11) is 0. The van der Waals surface area contributed by atoms with Crippen molar-refractivity contribution >= 4 is 23.2 Å².